The van der Waals surface area contributed by atoms with Gasteiger partial charge in [-0.2, -0.15) is 10.2 Å². The van der Waals surface area contributed by atoms with Crippen LogP contribution in [0.3, 0.4) is 0 Å². The Kier molecular flexibility index (Phi) is 5.19. The molecule has 0 bridgehead atoms. The lowest BCUT2D eigenvalue weighted by atomic mass is 10.2. The highest BCUT2D eigenvalue weighted by Crippen LogP contribution is 2.37. The molecule has 0 atom stereocenters. The van der Waals surface area contributed by atoms with Gasteiger partial charge in [-0.25, -0.2) is 9.49 Å². The van der Waals surface area contributed by atoms with Gasteiger partial charge in [-0.1, -0.05) is 35.1 Å². The molecule has 0 unspecified atom stereocenters. The van der Waals surface area contributed by atoms with Crippen molar-refractivity contribution in [1.29, 1.82) is 0 Å². The fraction of sp³-hybridized carbons (Fsp3) is 0.154. The largest absolute Gasteiger partial charge is 0.280 e. The van der Waals surface area contributed by atoms with Crippen LogP contribution in [0.25, 0.3) is 0 Å². The van der Waals surface area contributed by atoms with E-state index in [4.69, 9.17) is 11.6 Å². The number of halogens is 3. The van der Waals surface area contributed by atoms with Gasteiger partial charge in [0.15, 0.2) is 4.38 Å². The van der Waals surface area contributed by atoms with Crippen molar-refractivity contribution in [3.05, 3.63) is 48.7 Å². The topological polar surface area (TPSA) is 61.4 Å². The van der Waals surface area contributed by atoms with Gasteiger partial charge in [0.05, 0.1) is 11.9 Å². The number of H-pyrrole nitrogens is 1. The van der Waals surface area contributed by atoms with Crippen LogP contribution >= 0.6 is 57.7 Å². The van der Waals surface area contributed by atoms with Crippen LogP contribution in [0.1, 0.15) is 5.56 Å². The van der Waals surface area contributed by atoms with Gasteiger partial charge in [0.25, 0.3) is 5.56 Å². The van der Waals surface area contributed by atoms with E-state index in [1.165, 1.54) is 29.6 Å². The van der Waals surface area contributed by atoms with Gasteiger partial charge in [-0.3, -0.25) is 9.80 Å². The Balaban J connectivity index is 1.81. The average molecular weight is 483 g/mol. The first-order valence-electron chi connectivity index (χ1n) is 6.30. The van der Waals surface area contributed by atoms with E-state index in [9.17, 15) is 9.18 Å². The zero-order valence-electron chi connectivity index (χ0n) is 11.6. The molecule has 120 valence electrons. The number of hydrazone groups is 1. The number of hydrogen-bond acceptors (Lipinski definition) is 6. The van der Waals surface area contributed by atoms with Crippen LogP contribution in [0.2, 0.25) is 5.02 Å². The molecule has 1 aliphatic heterocycles. The number of aromatic amines is 1. The molecular formula is C13H9ClFIN4OS2. The quantitative estimate of drug-likeness (QED) is 0.658. The van der Waals surface area contributed by atoms with E-state index in [-0.39, 0.29) is 11.4 Å². The summed E-state index contributed by atoms with van der Waals surface area (Å²) in [7, 11) is 1.73. The fourth-order valence-corrected chi connectivity index (χ4v) is 5.19. The summed E-state index contributed by atoms with van der Waals surface area (Å²) in [5, 5.41) is 12.5. The number of aromatic nitrogens is 2. The molecule has 1 aliphatic rings. The molecule has 2 heterocycles. The van der Waals surface area contributed by atoms with Gasteiger partial charge in [-0.05, 0) is 34.7 Å². The third kappa shape index (κ3) is 3.67. The van der Waals surface area contributed by atoms with Crippen molar-refractivity contribution in [1.82, 2.24) is 10.2 Å². The number of benzene rings is 1. The van der Waals surface area contributed by atoms with Gasteiger partial charge >= 0.3 is 0 Å². The summed E-state index contributed by atoms with van der Waals surface area (Å²) in [5.74, 6) is -0.00818. The van der Waals surface area contributed by atoms with Crippen molar-refractivity contribution in [3.63, 3.8) is 0 Å². The summed E-state index contributed by atoms with van der Waals surface area (Å²) in [6.45, 7) is 0. The minimum Gasteiger partial charge on any atom is -0.267 e. The Hall–Kier alpha value is -0.780. The summed E-state index contributed by atoms with van der Waals surface area (Å²) in [5.41, 5.74) is 0.796. The molecule has 3 rings (SSSR count). The summed E-state index contributed by atoms with van der Waals surface area (Å²) >= 11 is 10.7. The first-order chi connectivity index (χ1) is 11.0. The third-order valence-corrected chi connectivity index (χ3v) is 6.19. The fourth-order valence-electron chi connectivity index (χ4n) is 1.89. The zero-order chi connectivity index (χ0) is 16.6. The second kappa shape index (κ2) is 6.99. The molecule has 5 nitrogen and oxygen atoms in total. The molecule has 0 aliphatic carbocycles. The maximum atomic E-state index is 14.0. The summed E-state index contributed by atoms with van der Waals surface area (Å²) < 4.78 is 15.4. The molecule has 0 spiro atoms. The summed E-state index contributed by atoms with van der Waals surface area (Å²) in [6, 6.07) is 3.16. The van der Waals surface area contributed by atoms with Crippen molar-refractivity contribution in [2.24, 2.45) is 5.10 Å². The van der Waals surface area contributed by atoms with Crippen LogP contribution in [0.4, 0.5) is 10.1 Å². The van der Waals surface area contributed by atoms with E-state index >= 15 is 0 Å². The number of nitrogens with zero attached hydrogens (tertiary/aromatic N) is 3. The highest BCUT2D eigenvalue weighted by atomic mass is 127. The molecule has 1 aromatic carbocycles. The Bertz CT molecular complexity index is 837. The average Bonchev–Trinajstić information content (AvgIpc) is 2.47. The Morgan fingerprint density at radius 2 is 2.30 bits per heavy atom. The number of hydrogen-bond donors (Lipinski definition) is 1. The first kappa shape index (κ1) is 17.1. The smallest absolute Gasteiger partial charge is 0.267 e. The molecule has 0 fully saturated rings. The minimum absolute atomic E-state index is 0.272. The molecule has 0 radical (unpaired) electrons. The summed E-state index contributed by atoms with van der Waals surface area (Å²) in [4.78, 5) is 12.4. The second-order valence-corrected chi connectivity index (χ2v) is 8.42. The lowest BCUT2D eigenvalue weighted by Gasteiger charge is -2.22. The van der Waals surface area contributed by atoms with Crippen molar-refractivity contribution in [2.45, 2.75) is 10.6 Å². The number of anilines is 1. The van der Waals surface area contributed by atoms with Crippen LogP contribution in [-0.2, 0) is 5.75 Å². The number of rotatable bonds is 2. The van der Waals surface area contributed by atoms with Gasteiger partial charge < -0.3 is 0 Å². The number of fused-ring (bicyclic) bond motifs is 1. The maximum absolute atomic E-state index is 14.0. The van der Waals surface area contributed by atoms with E-state index in [2.05, 4.69) is 15.3 Å². The van der Waals surface area contributed by atoms with Crippen LogP contribution in [0, 0.1) is 9.39 Å². The highest BCUT2D eigenvalue weighted by molar-refractivity contribution is 14.1. The molecule has 0 amide bonds. The Labute approximate surface area is 158 Å². The van der Waals surface area contributed by atoms with Crippen molar-refractivity contribution in [2.75, 3.05) is 12.1 Å². The number of nitrogens with one attached hydrogen (secondary N) is 1. The van der Waals surface area contributed by atoms with Crippen molar-refractivity contribution in [3.8, 4) is 0 Å². The van der Waals surface area contributed by atoms with Gasteiger partial charge in [0, 0.05) is 27.0 Å². The molecule has 23 heavy (non-hydrogen) atoms. The van der Waals surface area contributed by atoms with Crippen molar-refractivity contribution >= 4 is 67.8 Å². The van der Waals surface area contributed by atoms with Crippen LogP contribution < -0.4 is 10.6 Å². The maximum Gasteiger partial charge on any atom is 0.280 e. The molecule has 0 saturated heterocycles. The first-order valence-corrected chi connectivity index (χ1v) is 9.55. The normalized spacial score (nSPS) is 13.7. The molecule has 0 saturated carbocycles. The predicted molar refractivity (Wildman–Crippen MR) is 102 cm³/mol. The van der Waals surface area contributed by atoms with E-state index in [1.54, 1.807) is 24.3 Å². The van der Waals surface area contributed by atoms with Crippen LogP contribution in [0.15, 0.2) is 33.1 Å². The zero-order valence-corrected chi connectivity index (χ0v) is 16.2. The van der Waals surface area contributed by atoms with E-state index in [1.807, 2.05) is 22.6 Å². The number of thioether (sulfide) groups is 2. The van der Waals surface area contributed by atoms with E-state index < -0.39 is 0 Å². The lowest BCUT2D eigenvalue weighted by molar-refractivity contribution is 0.616. The van der Waals surface area contributed by atoms with E-state index in [0.717, 1.165) is 3.57 Å². The van der Waals surface area contributed by atoms with Gasteiger partial charge in [0.2, 0.25) is 0 Å². The standard InChI is InChI=1S/C13H9ClFIN4OS2/c1-20-10-4-17-18-12(21)11(10)23-13(19-20)22-5-7-8(14)2-6(16)3-9(7)15/h2-4H,5H2,1H3,(H,18,21). The highest BCUT2D eigenvalue weighted by Gasteiger charge is 2.22. The molecule has 10 heteroatoms. The Morgan fingerprint density at radius 3 is 3.04 bits per heavy atom. The predicted octanol–water partition coefficient (Wildman–Crippen LogP) is 3.91. The van der Waals surface area contributed by atoms with Gasteiger partial charge in [0.1, 0.15) is 10.7 Å². The minimum atomic E-state index is -0.341. The van der Waals surface area contributed by atoms with Gasteiger partial charge in [-0.15, -0.1) is 0 Å². The monoisotopic (exact) mass is 482 g/mol. The molecule has 1 N–H and O–H groups in total. The lowest BCUT2D eigenvalue weighted by Crippen LogP contribution is -2.22. The Morgan fingerprint density at radius 1 is 1.52 bits per heavy atom. The molecule has 1 aromatic heterocycles. The third-order valence-electron chi connectivity index (χ3n) is 3.01. The van der Waals surface area contributed by atoms with Crippen LogP contribution in [-0.4, -0.2) is 21.6 Å². The van der Waals surface area contributed by atoms with Crippen molar-refractivity contribution < 1.29 is 4.39 Å². The second-order valence-electron chi connectivity index (χ2n) is 4.54. The molecular weight excluding hydrogens is 474 g/mol. The SMILES string of the molecule is CN1N=C(SCc2c(F)cc(I)cc2Cl)Sc2c1cn[nH]c2=O. The molecule has 2 aromatic rings. The van der Waals surface area contributed by atoms with E-state index in [0.29, 0.717) is 31.3 Å². The summed E-state index contributed by atoms with van der Waals surface area (Å²) in [6.07, 6.45) is 1.55. The van der Waals surface area contributed by atoms with Crippen LogP contribution in [0.5, 0.6) is 0 Å².